The second-order valence-corrected chi connectivity index (χ2v) is 7.24. The molecular weight excluding hydrogens is 352 g/mol. The van der Waals surface area contributed by atoms with Crippen molar-refractivity contribution in [1.82, 2.24) is 0 Å². The molecule has 1 aliphatic carbocycles. The van der Waals surface area contributed by atoms with Gasteiger partial charge < -0.3 is 44.8 Å². The summed E-state index contributed by atoms with van der Waals surface area (Å²) in [6, 6.07) is 0. The molecule has 6 N–H and O–H groups in total. The van der Waals surface area contributed by atoms with Crippen molar-refractivity contribution in [2.45, 2.75) is 62.4 Å². The molecule has 2 aliphatic heterocycles. The van der Waals surface area contributed by atoms with Gasteiger partial charge in [0.1, 0.15) is 24.4 Å². The molecule has 26 heavy (non-hydrogen) atoms. The molecule has 3 aliphatic rings. The van der Waals surface area contributed by atoms with Gasteiger partial charge >= 0.3 is 5.97 Å². The maximum atomic E-state index is 11.4. The van der Waals surface area contributed by atoms with Crippen LogP contribution < -0.4 is 0 Å². The fourth-order valence-electron chi connectivity index (χ4n) is 4.01. The first-order valence-electron chi connectivity index (χ1n) is 8.44. The Bertz CT molecular complexity index is 573. The summed E-state index contributed by atoms with van der Waals surface area (Å²) in [5.41, 5.74) is -1.24. The Labute approximate surface area is 149 Å². The third-order valence-electron chi connectivity index (χ3n) is 5.50. The van der Waals surface area contributed by atoms with Crippen LogP contribution in [0.3, 0.4) is 0 Å². The highest BCUT2D eigenvalue weighted by molar-refractivity contribution is 5.87. The van der Waals surface area contributed by atoms with E-state index in [-0.39, 0.29) is 5.57 Å². The van der Waals surface area contributed by atoms with Crippen LogP contribution in [-0.4, -0.2) is 85.8 Å². The lowest BCUT2D eigenvalue weighted by atomic mass is 9.81. The largest absolute Gasteiger partial charge is 0.478 e. The van der Waals surface area contributed by atoms with Gasteiger partial charge in [0.05, 0.1) is 30.0 Å². The Morgan fingerprint density at radius 3 is 2.58 bits per heavy atom. The lowest BCUT2D eigenvalue weighted by Crippen LogP contribution is -2.60. The van der Waals surface area contributed by atoms with Crippen molar-refractivity contribution < 1.29 is 49.6 Å². The molecule has 10 nitrogen and oxygen atoms in total. The molecule has 0 aromatic heterocycles. The summed E-state index contributed by atoms with van der Waals surface area (Å²) in [5.74, 6) is -2.39. The fraction of sp³-hybridized carbons (Fsp3) is 0.812. The van der Waals surface area contributed by atoms with Crippen LogP contribution in [0.5, 0.6) is 0 Å². The molecule has 0 aromatic carbocycles. The van der Waals surface area contributed by atoms with Crippen molar-refractivity contribution in [3.8, 4) is 0 Å². The Hall–Kier alpha value is -1.27. The van der Waals surface area contributed by atoms with Crippen molar-refractivity contribution >= 4 is 5.97 Å². The Balaban J connectivity index is 1.81. The van der Waals surface area contributed by atoms with Crippen LogP contribution in [0.2, 0.25) is 0 Å². The summed E-state index contributed by atoms with van der Waals surface area (Å²) in [6.07, 6.45) is -6.66. The monoisotopic (exact) mass is 376 g/mol. The molecule has 9 atom stereocenters. The zero-order chi connectivity index (χ0) is 19.2. The number of hydrogen-bond acceptors (Lipinski definition) is 9. The second kappa shape index (κ2) is 7.04. The molecule has 0 bridgehead atoms. The zero-order valence-corrected chi connectivity index (χ0v) is 14.1. The summed E-state index contributed by atoms with van der Waals surface area (Å²) in [4.78, 5) is 11.4. The van der Waals surface area contributed by atoms with Crippen LogP contribution in [0.25, 0.3) is 0 Å². The van der Waals surface area contributed by atoms with Gasteiger partial charge in [-0.25, -0.2) is 4.79 Å². The molecule has 10 heteroatoms. The minimum atomic E-state index is -1.62. The van der Waals surface area contributed by atoms with E-state index in [1.54, 1.807) is 6.92 Å². The molecule has 0 unspecified atom stereocenters. The minimum Gasteiger partial charge on any atom is -0.478 e. The van der Waals surface area contributed by atoms with E-state index in [0.717, 1.165) is 6.26 Å². The summed E-state index contributed by atoms with van der Waals surface area (Å²) in [5, 5.41) is 58.9. The van der Waals surface area contributed by atoms with Gasteiger partial charge in [-0.15, -0.1) is 0 Å². The van der Waals surface area contributed by atoms with E-state index < -0.39 is 67.0 Å². The number of hydrogen-bond donors (Lipinski definition) is 6. The molecule has 0 spiro atoms. The number of ether oxygens (including phenoxy) is 3. The first-order chi connectivity index (χ1) is 12.2. The third kappa shape index (κ3) is 3.22. The van der Waals surface area contributed by atoms with E-state index >= 15 is 0 Å². The Morgan fingerprint density at radius 2 is 1.96 bits per heavy atom. The van der Waals surface area contributed by atoms with Crippen molar-refractivity contribution in [1.29, 1.82) is 0 Å². The molecule has 3 rings (SSSR count). The third-order valence-corrected chi connectivity index (χ3v) is 5.50. The van der Waals surface area contributed by atoms with E-state index in [1.165, 1.54) is 0 Å². The number of fused-ring (bicyclic) bond motifs is 1. The molecule has 148 valence electrons. The van der Waals surface area contributed by atoms with Gasteiger partial charge in [-0.05, 0) is 19.8 Å². The average molecular weight is 376 g/mol. The maximum absolute atomic E-state index is 11.4. The first-order valence-corrected chi connectivity index (χ1v) is 8.44. The standard InChI is InChI=1S/C16H24O10/c1-16(23)3-2-6-7(13(21)22)5-24-14(9(6)16)26-15-12(20)11(19)10(18)8(4-17)25-15/h5-6,8-12,14-15,17-20,23H,2-4H2,1H3,(H,21,22)/t6-,8-,9-,10-,11+,12-,14+,15+,16+/m1/s1. The van der Waals surface area contributed by atoms with Gasteiger partial charge in [0, 0.05) is 5.92 Å². The van der Waals surface area contributed by atoms with Crippen LogP contribution >= 0.6 is 0 Å². The number of carboxylic acid groups (broad SMARTS) is 1. The highest BCUT2D eigenvalue weighted by atomic mass is 16.8. The summed E-state index contributed by atoms with van der Waals surface area (Å²) < 4.78 is 16.3. The molecule has 0 amide bonds. The smallest absolute Gasteiger partial charge is 0.334 e. The normalized spacial score (nSPS) is 48.5. The summed E-state index contributed by atoms with van der Waals surface area (Å²) in [7, 11) is 0. The lowest BCUT2D eigenvalue weighted by Gasteiger charge is -2.44. The highest BCUT2D eigenvalue weighted by Crippen LogP contribution is 2.49. The van der Waals surface area contributed by atoms with Crippen molar-refractivity contribution in [3.05, 3.63) is 11.8 Å². The van der Waals surface area contributed by atoms with Crippen LogP contribution in [0, 0.1) is 11.8 Å². The van der Waals surface area contributed by atoms with Gasteiger partial charge in [0.2, 0.25) is 6.29 Å². The molecule has 0 aromatic rings. The van der Waals surface area contributed by atoms with Crippen LogP contribution in [0.15, 0.2) is 11.8 Å². The zero-order valence-electron chi connectivity index (χ0n) is 14.1. The van der Waals surface area contributed by atoms with Crippen molar-refractivity contribution in [2.24, 2.45) is 11.8 Å². The predicted octanol–water partition coefficient (Wildman–Crippen LogP) is -2.10. The van der Waals surface area contributed by atoms with Crippen molar-refractivity contribution in [3.63, 3.8) is 0 Å². The van der Waals surface area contributed by atoms with Crippen LogP contribution in [-0.2, 0) is 19.0 Å². The number of carbonyl (C=O) groups is 1. The number of rotatable bonds is 4. The van der Waals surface area contributed by atoms with E-state index in [4.69, 9.17) is 14.2 Å². The quantitative estimate of drug-likeness (QED) is 0.320. The second-order valence-electron chi connectivity index (χ2n) is 7.24. The summed E-state index contributed by atoms with van der Waals surface area (Å²) >= 11 is 0. The van der Waals surface area contributed by atoms with Gasteiger partial charge in [-0.2, -0.15) is 0 Å². The molecule has 1 saturated carbocycles. The number of aliphatic hydroxyl groups excluding tert-OH is 4. The number of carboxylic acids is 1. The molecule has 0 radical (unpaired) electrons. The molecule has 2 heterocycles. The Morgan fingerprint density at radius 1 is 1.27 bits per heavy atom. The topological polar surface area (TPSA) is 166 Å². The Kier molecular flexibility index (Phi) is 5.28. The maximum Gasteiger partial charge on any atom is 0.334 e. The van der Waals surface area contributed by atoms with E-state index in [2.05, 4.69) is 0 Å². The van der Waals surface area contributed by atoms with Gasteiger partial charge in [0.15, 0.2) is 6.29 Å². The predicted molar refractivity (Wildman–Crippen MR) is 82.3 cm³/mol. The summed E-state index contributed by atoms with van der Waals surface area (Å²) in [6.45, 7) is 0.943. The SMILES string of the molecule is C[C@]1(O)CC[C@@H]2C(C(=O)O)=CO[C@@H](O[C@@H]3O[C@H](CO)[C@@H](O)[C@H](O)[C@H]3O)[C@@H]21. The van der Waals surface area contributed by atoms with Crippen molar-refractivity contribution in [2.75, 3.05) is 6.61 Å². The number of aliphatic hydroxyl groups is 5. The molecule has 2 fully saturated rings. The van der Waals surface area contributed by atoms with Crippen LogP contribution in [0.4, 0.5) is 0 Å². The lowest BCUT2D eigenvalue weighted by molar-refractivity contribution is -0.346. The van der Waals surface area contributed by atoms with Gasteiger partial charge in [-0.1, -0.05) is 0 Å². The van der Waals surface area contributed by atoms with E-state index in [1.807, 2.05) is 0 Å². The van der Waals surface area contributed by atoms with Gasteiger partial charge in [-0.3, -0.25) is 0 Å². The fourth-order valence-corrected chi connectivity index (χ4v) is 4.01. The first kappa shape index (κ1) is 19.5. The van der Waals surface area contributed by atoms with Gasteiger partial charge in [0.25, 0.3) is 0 Å². The number of aliphatic carboxylic acids is 1. The molecular formula is C16H24O10. The van der Waals surface area contributed by atoms with Crippen LogP contribution in [0.1, 0.15) is 19.8 Å². The van der Waals surface area contributed by atoms with E-state index in [9.17, 15) is 35.4 Å². The average Bonchev–Trinajstić information content (AvgIpc) is 2.91. The molecule has 1 saturated heterocycles. The van der Waals surface area contributed by atoms with E-state index in [0.29, 0.717) is 12.8 Å². The minimum absolute atomic E-state index is 0.0291. The highest BCUT2D eigenvalue weighted by Gasteiger charge is 2.55.